The molecule has 128 valence electrons. The molecule has 25 heavy (non-hydrogen) atoms. The van der Waals surface area contributed by atoms with Crippen LogP contribution < -0.4 is 5.32 Å². The molecule has 3 rings (SSSR count). The maximum Gasteiger partial charge on any atom is 0.224 e. The van der Waals surface area contributed by atoms with Crippen molar-refractivity contribution in [2.45, 2.75) is 26.7 Å². The SMILES string of the molecule is Cc1ccc(NC(=O)CCc2ncc(-c3ccccc3F)o2)c(C)c1. The monoisotopic (exact) mass is 338 g/mol. The number of amides is 1. The maximum absolute atomic E-state index is 13.8. The molecule has 1 aromatic heterocycles. The lowest BCUT2D eigenvalue weighted by Gasteiger charge is -2.08. The van der Waals surface area contributed by atoms with Gasteiger partial charge in [-0.15, -0.1) is 0 Å². The molecule has 4 nitrogen and oxygen atoms in total. The first-order valence-electron chi connectivity index (χ1n) is 8.09. The fourth-order valence-electron chi connectivity index (χ4n) is 2.60. The molecule has 0 aliphatic rings. The highest BCUT2D eigenvalue weighted by molar-refractivity contribution is 5.91. The zero-order valence-electron chi connectivity index (χ0n) is 14.2. The Bertz CT molecular complexity index is 902. The van der Waals surface area contributed by atoms with E-state index in [0.29, 0.717) is 23.6 Å². The number of nitrogens with zero attached hydrogens (tertiary/aromatic N) is 1. The van der Waals surface area contributed by atoms with E-state index in [2.05, 4.69) is 10.3 Å². The molecule has 0 spiro atoms. The molecule has 2 aromatic carbocycles. The van der Waals surface area contributed by atoms with E-state index in [1.807, 2.05) is 32.0 Å². The first kappa shape index (κ1) is 16.9. The Kier molecular flexibility index (Phi) is 4.93. The third-order valence-corrected chi connectivity index (χ3v) is 3.91. The van der Waals surface area contributed by atoms with Gasteiger partial charge in [0.1, 0.15) is 5.82 Å². The van der Waals surface area contributed by atoms with Crippen LogP contribution >= 0.6 is 0 Å². The summed E-state index contributed by atoms with van der Waals surface area (Å²) in [5, 5.41) is 2.89. The van der Waals surface area contributed by atoms with Gasteiger partial charge in [0, 0.05) is 18.5 Å². The van der Waals surface area contributed by atoms with Gasteiger partial charge in [0.15, 0.2) is 11.7 Å². The Morgan fingerprint density at radius 2 is 2.00 bits per heavy atom. The van der Waals surface area contributed by atoms with Gasteiger partial charge in [0.25, 0.3) is 0 Å². The number of benzene rings is 2. The van der Waals surface area contributed by atoms with Gasteiger partial charge in [-0.3, -0.25) is 4.79 Å². The third-order valence-electron chi connectivity index (χ3n) is 3.91. The van der Waals surface area contributed by atoms with E-state index in [-0.39, 0.29) is 18.1 Å². The quantitative estimate of drug-likeness (QED) is 0.735. The second-order valence-electron chi connectivity index (χ2n) is 5.96. The predicted octanol–water partition coefficient (Wildman–Crippen LogP) is 4.67. The van der Waals surface area contributed by atoms with Crippen molar-refractivity contribution in [2.75, 3.05) is 5.32 Å². The van der Waals surface area contributed by atoms with Crippen LogP contribution in [0.5, 0.6) is 0 Å². The van der Waals surface area contributed by atoms with Crippen LogP contribution in [0.15, 0.2) is 53.1 Å². The smallest absolute Gasteiger partial charge is 0.224 e. The number of aryl methyl sites for hydroxylation is 3. The normalized spacial score (nSPS) is 10.7. The summed E-state index contributed by atoms with van der Waals surface area (Å²) in [6.07, 6.45) is 2.07. The number of carbonyl (C=O) groups excluding carboxylic acids is 1. The van der Waals surface area contributed by atoms with Crippen LogP contribution in [0.1, 0.15) is 23.4 Å². The van der Waals surface area contributed by atoms with Gasteiger partial charge >= 0.3 is 0 Å². The first-order chi connectivity index (χ1) is 12.0. The standard InChI is InChI=1S/C20H19FN2O2/c1-13-7-8-17(14(2)11-13)23-19(24)9-10-20-22-12-18(25-20)15-5-3-4-6-16(15)21/h3-8,11-12H,9-10H2,1-2H3,(H,23,24). The number of hydrogen-bond acceptors (Lipinski definition) is 3. The van der Waals surface area contributed by atoms with Gasteiger partial charge < -0.3 is 9.73 Å². The molecule has 1 heterocycles. The molecule has 1 amide bonds. The van der Waals surface area contributed by atoms with Crippen molar-refractivity contribution in [3.63, 3.8) is 0 Å². The molecule has 0 saturated heterocycles. The summed E-state index contributed by atoms with van der Waals surface area (Å²) in [5.74, 6) is 0.298. The molecular formula is C20H19FN2O2. The Labute approximate surface area is 145 Å². The summed E-state index contributed by atoms with van der Waals surface area (Å²) in [7, 11) is 0. The highest BCUT2D eigenvalue weighted by atomic mass is 19.1. The zero-order chi connectivity index (χ0) is 17.8. The molecule has 0 aliphatic carbocycles. The highest BCUT2D eigenvalue weighted by Gasteiger charge is 2.12. The molecule has 3 aromatic rings. The van der Waals surface area contributed by atoms with Crippen LogP contribution in [0.4, 0.5) is 10.1 Å². The van der Waals surface area contributed by atoms with Crippen molar-refractivity contribution in [3.05, 3.63) is 71.5 Å². The van der Waals surface area contributed by atoms with Crippen molar-refractivity contribution >= 4 is 11.6 Å². The van der Waals surface area contributed by atoms with Gasteiger partial charge in [-0.05, 0) is 37.6 Å². The number of halogens is 1. The lowest BCUT2D eigenvalue weighted by molar-refractivity contribution is -0.116. The molecule has 0 bridgehead atoms. The number of nitrogens with one attached hydrogen (secondary N) is 1. The van der Waals surface area contributed by atoms with Crippen molar-refractivity contribution in [2.24, 2.45) is 0 Å². The van der Waals surface area contributed by atoms with E-state index in [9.17, 15) is 9.18 Å². The number of hydrogen-bond donors (Lipinski definition) is 1. The Hall–Kier alpha value is -2.95. The van der Waals surface area contributed by atoms with Crippen LogP contribution in [0.25, 0.3) is 11.3 Å². The first-order valence-corrected chi connectivity index (χ1v) is 8.09. The molecular weight excluding hydrogens is 319 g/mol. The molecule has 0 fully saturated rings. The van der Waals surface area contributed by atoms with Crippen molar-refractivity contribution in [1.29, 1.82) is 0 Å². The number of oxazole rings is 1. The summed E-state index contributed by atoms with van der Waals surface area (Å²) in [6, 6.07) is 12.2. The van der Waals surface area contributed by atoms with Gasteiger partial charge in [-0.25, -0.2) is 9.37 Å². The van der Waals surface area contributed by atoms with Crippen LogP contribution in [-0.4, -0.2) is 10.9 Å². The summed E-state index contributed by atoms with van der Waals surface area (Å²) in [6.45, 7) is 3.96. The molecule has 0 aliphatic heterocycles. The van der Waals surface area contributed by atoms with Crippen molar-refractivity contribution in [3.8, 4) is 11.3 Å². The average Bonchev–Trinajstić information content (AvgIpc) is 3.05. The number of carbonyl (C=O) groups is 1. The van der Waals surface area contributed by atoms with E-state index < -0.39 is 0 Å². The Morgan fingerprint density at radius 3 is 2.76 bits per heavy atom. The number of anilines is 1. The summed E-state index contributed by atoms with van der Waals surface area (Å²) < 4.78 is 19.3. The second kappa shape index (κ2) is 7.30. The maximum atomic E-state index is 13.8. The van der Waals surface area contributed by atoms with E-state index in [1.165, 1.54) is 12.3 Å². The van der Waals surface area contributed by atoms with E-state index in [0.717, 1.165) is 16.8 Å². The highest BCUT2D eigenvalue weighted by Crippen LogP contribution is 2.23. The number of aromatic nitrogens is 1. The van der Waals surface area contributed by atoms with Crippen LogP contribution in [-0.2, 0) is 11.2 Å². The second-order valence-corrected chi connectivity index (χ2v) is 5.96. The van der Waals surface area contributed by atoms with Crippen molar-refractivity contribution in [1.82, 2.24) is 4.98 Å². The van der Waals surface area contributed by atoms with Gasteiger partial charge in [-0.1, -0.05) is 29.8 Å². The largest absolute Gasteiger partial charge is 0.441 e. The van der Waals surface area contributed by atoms with E-state index in [1.54, 1.807) is 18.2 Å². The van der Waals surface area contributed by atoms with Crippen molar-refractivity contribution < 1.29 is 13.6 Å². The summed E-state index contributed by atoms with van der Waals surface area (Å²) >= 11 is 0. The summed E-state index contributed by atoms with van der Waals surface area (Å²) in [4.78, 5) is 16.2. The Balaban J connectivity index is 1.60. The molecule has 0 unspecified atom stereocenters. The van der Waals surface area contributed by atoms with Crippen LogP contribution in [0, 0.1) is 19.7 Å². The topological polar surface area (TPSA) is 55.1 Å². The molecule has 0 atom stereocenters. The predicted molar refractivity (Wildman–Crippen MR) is 94.8 cm³/mol. The minimum absolute atomic E-state index is 0.113. The molecule has 0 saturated carbocycles. The minimum atomic E-state index is -0.363. The minimum Gasteiger partial charge on any atom is -0.441 e. The van der Waals surface area contributed by atoms with Gasteiger partial charge in [0.2, 0.25) is 5.91 Å². The number of rotatable bonds is 5. The van der Waals surface area contributed by atoms with E-state index in [4.69, 9.17) is 4.42 Å². The fraction of sp³-hybridized carbons (Fsp3) is 0.200. The average molecular weight is 338 g/mol. The zero-order valence-corrected chi connectivity index (χ0v) is 14.2. The van der Waals surface area contributed by atoms with Gasteiger partial charge in [-0.2, -0.15) is 0 Å². The molecule has 1 N–H and O–H groups in total. The Morgan fingerprint density at radius 1 is 1.20 bits per heavy atom. The molecule has 5 heteroatoms. The van der Waals surface area contributed by atoms with E-state index >= 15 is 0 Å². The van der Waals surface area contributed by atoms with Crippen LogP contribution in [0.3, 0.4) is 0 Å². The summed E-state index contributed by atoms with van der Waals surface area (Å²) in [5.41, 5.74) is 3.33. The van der Waals surface area contributed by atoms with Crippen LogP contribution in [0.2, 0.25) is 0 Å². The molecule has 0 radical (unpaired) electrons. The third kappa shape index (κ3) is 4.12. The lowest BCUT2D eigenvalue weighted by Crippen LogP contribution is -2.13. The fourth-order valence-corrected chi connectivity index (χ4v) is 2.60. The van der Waals surface area contributed by atoms with Gasteiger partial charge in [0.05, 0.1) is 11.8 Å². The lowest BCUT2D eigenvalue weighted by atomic mass is 10.1.